The molecule has 3 heterocycles. The third kappa shape index (κ3) is 2.80. The van der Waals surface area contributed by atoms with E-state index in [2.05, 4.69) is 16.3 Å². The molecule has 0 bridgehead atoms. The molecule has 27 heavy (non-hydrogen) atoms. The Morgan fingerprint density at radius 3 is 2.85 bits per heavy atom. The molecule has 3 N–H and O–H groups in total. The molecule has 6 heteroatoms. The van der Waals surface area contributed by atoms with Crippen molar-refractivity contribution in [2.24, 2.45) is 0 Å². The molecule has 5 rings (SSSR count). The van der Waals surface area contributed by atoms with Crippen LogP contribution in [0.3, 0.4) is 0 Å². The lowest BCUT2D eigenvalue weighted by molar-refractivity contribution is 0.326. The van der Waals surface area contributed by atoms with Gasteiger partial charge in [0.2, 0.25) is 0 Å². The van der Waals surface area contributed by atoms with Crippen molar-refractivity contribution in [3.05, 3.63) is 65.3 Å². The van der Waals surface area contributed by atoms with Gasteiger partial charge in [-0.25, -0.2) is 0 Å². The number of anilines is 1. The van der Waals surface area contributed by atoms with E-state index in [0.717, 1.165) is 39.4 Å². The SMILES string of the molecule is Nc1ccc2c(c1)OCCc1cc(-c3n[nH]cc3-c3ccccc3Cl)sc1-2. The molecule has 0 unspecified atom stereocenters. The number of nitrogens with one attached hydrogen (secondary N) is 1. The Morgan fingerprint density at radius 1 is 1.07 bits per heavy atom. The summed E-state index contributed by atoms with van der Waals surface area (Å²) in [5.74, 6) is 0.843. The zero-order chi connectivity index (χ0) is 18.4. The van der Waals surface area contributed by atoms with Crippen LogP contribution in [0.2, 0.25) is 5.02 Å². The van der Waals surface area contributed by atoms with Crippen molar-refractivity contribution in [3.63, 3.8) is 0 Å². The summed E-state index contributed by atoms with van der Waals surface area (Å²) in [6.45, 7) is 0.636. The van der Waals surface area contributed by atoms with Gasteiger partial charge in [-0.05, 0) is 29.8 Å². The lowest BCUT2D eigenvalue weighted by Crippen LogP contribution is -1.98. The fourth-order valence-electron chi connectivity index (χ4n) is 3.44. The number of nitrogens with zero attached hydrogens (tertiary/aromatic N) is 1. The van der Waals surface area contributed by atoms with Crippen molar-refractivity contribution in [1.29, 1.82) is 0 Å². The molecule has 0 saturated heterocycles. The maximum absolute atomic E-state index is 6.41. The molecule has 0 spiro atoms. The lowest BCUT2D eigenvalue weighted by atomic mass is 10.0. The first-order chi connectivity index (χ1) is 13.2. The number of rotatable bonds is 2. The highest BCUT2D eigenvalue weighted by Gasteiger charge is 2.22. The Hall–Kier alpha value is -2.76. The molecule has 1 aliphatic rings. The van der Waals surface area contributed by atoms with Gasteiger partial charge in [0, 0.05) is 51.0 Å². The van der Waals surface area contributed by atoms with Crippen molar-refractivity contribution < 1.29 is 4.74 Å². The van der Waals surface area contributed by atoms with Gasteiger partial charge in [-0.1, -0.05) is 29.8 Å². The number of ether oxygens (including phenoxy) is 1. The number of benzene rings is 2. The Kier molecular flexibility index (Phi) is 3.92. The highest BCUT2D eigenvalue weighted by molar-refractivity contribution is 7.19. The zero-order valence-corrected chi connectivity index (χ0v) is 15.9. The van der Waals surface area contributed by atoms with Crippen LogP contribution >= 0.6 is 22.9 Å². The van der Waals surface area contributed by atoms with Crippen molar-refractivity contribution in [3.8, 4) is 37.9 Å². The fourth-order valence-corrected chi connectivity index (χ4v) is 4.92. The Labute approximate surface area is 165 Å². The molecule has 0 fully saturated rings. The van der Waals surface area contributed by atoms with Gasteiger partial charge >= 0.3 is 0 Å². The molecule has 4 nitrogen and oxygen atoms in total. The number of hydrogen-bond acceptors (Lipinski definition) is 4. The van der Waals surface area contributed by atoms with E-state index in [1.54, 1.807) is 11.3 Å². The summed E-state index contributed by atoms with van der Waals surface area (Å²) >= 11 is 8.14. The Bertz CT molecular complexity index is 1150. The van der Waals surface area contributed by atoms with E-state index in [1.807, 2.05) is 48.7 Å². The highest BCUT2D eigenvalue weighted by atomic mass is 35.5. The fraction of sp³-hybridized carbons (Fsp3) is 0.0952. The lowest BCUT2D eigenvalue weighted by Gasteiger charge is -2.07. The molecule has 134 valence electrons. The number of aromatic amines is 1. The van der Waals surface area contributed by atoms with Crippen LogP contribution in [-0.2, 0) is 6.42 Å². The number of fused-ring (bicyclic) bond motifs is 3. The number of halogens is 1. The van der Waals surface area contributed by atoms with Crippen LogP contribution in [0.15, 0.2) is 54.7 Å². The van der Waals surface area contributed by atoms with E-state index in [0.29, 0.717) is 17.3 Å². The topological polar surface area (TPSA) is 63.9 Å². The minimum Gasteiger partial charge on any atom is -0.492 e. The van der Waals surface area contributed by atoms with Crippen molar-refractivity contribution in [2.75, 3.05) is 12.3 Å². The van der Waals surface area contributed by atoms with Gasteiger partial charge < -0.3 is 10.5 Å². The van der Waals surface area contributed by atoms with E-state index < -0.39 is 0 Å². The van der Waals surface area contributed by atoms with E-state index in [4.69, 9.17) is 22.1 Å². The van der Waals surface area contributed by atoms with E-state index in [-0.39, 0.29) is 0 Å². The summed E-state index contributed by atoms with van der Waals surface area (Å²) < 4.78 is 5.90. The third-order valence-electron chi connectivity index (χ3n) is 4.73. The van der Waals surface area contributed by atoms with Gasteiger partial charge in [0.25, 0.3) is 0 Å². The second kappa shape index (κ2) is 6.44. The standard InChI is InChI=1S/C21H16ClN3OS/c22-17-4-2-1-3-14(17)16-11-24-25-20(16)19-9-12-7-8-26-18-10-13(23)5-6-15(18)21(12)27-19/h1-6,9-11H,7-8,23H2,(H,24,25). The smallest absolute Gasteiger partial charge is 0.130 e. The predicted octanol–water partition coefficient (Wildman–Crippen LogP) is 5.64. The van der Waals surface area contributed by atoms with Crippen LogP contribution in [0.4, 0.5) is 5.69 Å². The van der Waals surface area contributed by atoms with Gasteiger partial charge in [-0.3, -0.25) is 5.10 Å². The number of nitrogens with two attached hydrogens (primary N) is 1. The molecule has 0 aliphatic carbocycles. The number of hydrogen-bond donors (Lipinski definition) is 2. The monoisotopic (exact) mass is 393 g/mol. The summed E-state index contributed by atoms with van der Waals surface area (Å²) in [6.07, 6.45) is 2.76. The molecule has 2 aromatic heterocycles. The summed E-state index contributed by atoms with van der Waals surface area (Å²) in [7, 11) is 0. The quantitative estimate of drug-likeness (QED) is 0.433. The largest absolute Gasteiger partial charge is 0.492 e. The Morgan fingerprint density at radius 2 is 1.96 bits per heavy atom. The summed E-state index contributed by atoms with van der Waals surface area (Å²) in [5.41, 5.74) is 11.9. The van der Waals surface area contributed by atoms with Gasteiger partial charge in [0.1, 0.15) is 11.4 Å². The van der Waals surface area contributed by atoms with Crippen LogP contribution in [0.25, 0.3) is 32.1 Å². The van der Waals surface area contributed by atoms with Gasteiger partial charge in [0.15, 0.2) is 0 Å². The zero-order valence-electron chi connectivity index (χ0n) is 14.3. The minimum absolute atomic E-state index is 0.636. The van der Waals surface area contributed by atoms with Crippen LogP contribution in [0.5, 0.6) is 5.75 Å². The molecule has 0 radical (unpaired) electrons. The first-order valence-electron chi connectivity index (χ1n) is 8.65. The number of H-pyrrole nitrogens is 1. The summed E-state index contributed by atoms with van der Waals surface area (Å²) in [5, 5.41) is 8.23. The predicted molar refractivity (Wildman–Crippen MR) is 111 cm³/mol. The molecule has 0 saturated carbocycles. The minimum atomic E-state index is 0.636. The molecule has 2 aromatic carbocycles. The number of aromatic nitrogens is 2. The first-order valence-corrected chi connectivity index (χ1v) is 9.84. The third-order valence-corrected chi connectivity index (χ3v) is 6.27. The van der Waals surface area contributed by atoms with Gasteiger partial charge in [-0.15, -0.1) is 11.3 Å². The maximum Gasteiger partial charge on any atom is 0.130 e. The average molecular weight is 394 g/mol. The first kappa shape index (κ1) is 16.4. The highest BCUT2D eigenvalue weighted by Crippen LogP contribution is 2.46. The average Bonchev–Trinajstić information content (AvgIpc) is 3.26. The molecular formula is C21H16ClN3OS. The van der Waals surface area contributed by atoms with Crippen LogP contribution in [-0.4, -0.2) is 16.8 Å². The maximum atomic E-state index is 6.41. The number of thiophene rings is 1. The normalized spacial score (nSPS) is 12.8. The van der Waals surface area contributed by atoms with E-state index >= 15 is 0 Å². The van der Waals surface area contributed by atoms with Crippen LogP contribution in [0, 0.1) is 0 Å². The van der Waals surface area contributed by atoms with Gasteiger partial charge in [-0.2, -0.15) is 5.10 Å². The van der Waals surface area contributed by atoms with E-state index in [1.165, 1.54) is 10.4 Å². The van der Waals surface area contributed by atoms with Crippen molar-refractivity contribution in [1.82, 2.24) is 10.2 Å². The molecule has 0 atom stereocenters. The Balaban J connectivity index is 1.65. The molecule has 0 amide bonds. The summed E-state index contributed by atoms with van der Waals surface area (Å²) in [4.78, 5) is 2.33. The van der Waals surface area contributed by atoms with Crippen molar-refractivity contribution >= 4 is 28.6 Å². The second-order valence-electron chi connectivity index (χ2n) is 6.45. The molecule has 1 aliphatic heterocycles. The second-order valence-corrected chi connectivity index (χ2v) is 7.91. The molecular weight excluding hydrogens is 378 g/mol. The van der Waals surface area contributed by atoms with Crippen LogP contribution in [0.1, 0.15) is 5.56 Å². The van der Waals surface area contributed by atoms with Crippen LogP contribution < -0.4 is 10.5 Å². The summed E-state index contributed by atoms with van der Waals surface area (Å²) in [6, 6.07) is 15.9. The van der Waals surface area contributed by atoms with Crippen molar-refractivity contribution in [2.45, 2.75) is 6.42 Å². The molecule has 4 aromatic rings. The van der Waals surface area contributed by atoms with E-state index in [9.17, 15) is 0 Å². The number of nitrogen functional groups attached to an aromatic ring is 1. The van der Waals surface area contributed by atoms with Gasteiger partial charge in [0.05, 0.1) is 11.5 Å².